The maximum atomic E-state index is 12.6. The lowest BCUT2D eigenvalue weighted by Crippen LogP contribution is -2.37. The first-order valence-electron chi connectivity index (χ1n) is 11.5. The number of thiophene rings is 1. The van der Waals surface area contributed by atoms with Crippen LogP contribution in [0.4, 0.5) is 16.2 Å². The van der Waals surface area contributed by atoms with Crippen LogP contribution in [0.3, 0.4) is 0 Å². The largest absolute Gasteiger partial charge is 0.323 e. The molecule has 2 amide bonds. The van der Waals surface area contributed by atoms with Crippen LogP contribution < -0.4 is 10.6 Å². The van der Waals surface area contributed by atoms with Gasteiger partial charge in [-0.3, -0.25) is 0 Å². The van der Waals surface area contributed by atoms with Crippen LogP contribution in [0, 0.1) is 0 Å². The van der Waals surface area contributed by atoms with Gasteiger partial charge in [0, 0.05) is 32.3 Å². The van der Waals surface area contributed by atoms with Gasteiger partial charge in [0.15, 0.2) is 0 Å². The molecule has 3 aromatic rings. The number of rotatable bonds is 6. The van der Waals surface area contributed by atoms with Gasteiger partial charge in [-0.2, -0.15) is 0 Å². The van der Waals surface area contributed by atoms with Crippen molar-refractivity contribution in [3.63, 3.8) is 0 Å². The third-order valence-corrected chi connectivity index (χ3v) is 8.00. The van der Waals surface area contributed by atoms with Crippen LogP contribution in [-0.4, -0.2) is 35.3 Å². The third-order valence-electron chi connectivity index (χ3n) is 6.02. The number of anilines is 2. The van der Waals surface area contributed by atoms with Gasteiger partial charge in [0.25, 0.3) is 0 Å². The average Bonchev–Trinajstić information content (AvgIpc) is 3.16. The maximum absolute atomic E-state index is 12.6. The van der Waals surface area contributed by atoms with Crippen molar-refractivity contribution < 1.29 is 4.79 Å². The number of hydrogen-bond donors (Lipinski definition) is 2. The zero-order chi connectivity index (χ0) is 22.7. The molecule has 0 bridgehead atoms. The Hall–Kier alpha value is -2.02. The Bertz CT molecular complexity index is 1070. The van der Waals surface area contributed by atoms with Gasteiger partial charge in [-0.1, -0.05) is 19.9 Å². The zero-order valence-electron chi connectivity index (χ0n) is 19.4. The van der Waals surface area contributed by atoms with Crippen LogP contribution in [-0.2, 0) is 0 Å². The minimum atomic E-state index is -0.210. The van der Waals surface area contributed by atoms with Crippen molar-refractivity contribution in [1.29, 1.82) is 0 Å². The van der Waals surface area contributed by atoms with E-state index in [0.717, 1.165) is 29.4 Å². The molecule has 1 fully saturated rings. The first-order valence-corrected chi connectivity index (χ1v) is 13.2. The summed E-state index contributed by atoms with van der Waals surface area (Å²) in [6.45, 7) is 11.2. The molecule has 0 spiro atoms. The lowest BCUT2D eigenvalue weighted by molar-refractivity contribution is 0.172. The fourth-order valence-corrected chi connectivity index (χ4v) is 6.30. The Morgan fingerprint density at radius 1 is 1.03 bits per heavy atom. The molecule has 6 heteroatoms. The monoisotopic (exact) mass is 467 g/mol. The quantitative estimate of drug-likeness (QED) is 0.366. The summed E-state index contributed by atoms with van der Waals surface area (Å²) in [5, 5.41) is 10.1. The van der Waals surface area contributed by atoms with Gasteiger partial charge in [0.1, 0.15) is 0 Å². The molecule has 0 radical (unpaired) electrons. The van der Waals surface area contributed by atoms with Crippen molar-refractivity contribution in [1.82, 2.24) is 4.90 Å². The molecule has 0 aliphatic carbocycles. The molecule has 0 atom stereocenters. The number of likely N-dealkylation sites (tertiary alicyclic amines) is 1. The molecule has 1 aliphatic heterocycles. The van der Waals surface area contributed by atoms with Crippen molar-refractivity contribution in [3.05, 3.63) is 53.4 Å². The van der Waals surface area contributed by atoms with Gasteiger partial charge in [0.05, 0.1) is 0 Å². The predicted octanol–water partition coefficient (Wildman–Crippen LogP) is 7.63. The minimum absolute atomic E-state index is 0.210. The zero-order valence-corrected chi connectivity index (χ0v) is 21.0. The number of urea groups is 1. The fourth-order valence-electron chi connectivity index (χ4n) is 4.38. The lowest BCUT2D eigenvalue weighted by Gasteiger charge is -2.34. The number of piperidine rings is 1. The van der Waals surface area contributed by atoms with Crippen LogP contribution in [0.2, 0.25) is 0 Å². The number of hydrogen-bond acceptors (Lipinski definition) is 4. The highest BCUT2D eigenvalue weighted by Gasteiger charge is 2.24. The number of nitrogens with one attached hydrogen (secondary N) is 2. The Morgan fingerprint density at radius 3 is 2.44 bits per heavy atom. The van der Waals surface area contributed by atoms with Gasteiger partial charge in [0.2, 0.25) is 0 Å². The Kier molecular flexibility index (Phi) is 7.44. The molecule has 170 valence electrons. The average molecular weight is 468 g/mol. The van der Waals surface area contributed by atoms with E-state index in [0.29, 0.717) is 17.2 Å². The summed E-state index contributed by atoms with van der Waals surface area (Å²) in [4.78, 5) is 16.4. The highest BCUT2D eigenvalue weighted by molar-refractivity contribution is 7.99. The molecule has 4 rings (SSSR count). The fraction of sp³-hybridized carbons (Fsp3) is 0.423. The van der Waals surface area contributed by atoms with Crippen molar-refractivity contribution in [2.45, 2.75) is 62.6 Å². The van der Waals surface area contributed by atoms with E-state index < -0.39 is 0 Å². The molecule has 2 aromatic carbocycles. The van der Waals surface area contributed by atoms with E-state index in [-0.39, 0.29) is 6.03 Å². The number of fused-ring (bicyclic) bond motifs is 1. The minimum Gasteiger partial charge on any atom is -0.308 e. The van der Waals surface area contributed by atoms with Gasteiger partial charge in [-0.05, 0) is 98.4 Å². The molecule has 0 unspecified atom stereocenters. The van der Waals surface area contributed by atoms with Crippen molar-refractivity contribution >= 4 is 50.6 Å². The topological polar surface area (TPSA) is 44.4 Å². The van der Waals surface area contributed by atoms with E-state index in [4.69, 9.17) is 0 Å². The summed E-state index contributed by atoms with van der Waals surface area (Å²) >= 11 is 3.60. The summed E-state index contributed by atoms with van der Waals surface area (Å²) in [6, 6.07) is 14.7. The first-order chi connectivity index (χ1) is 15.4. The van der Waals surface area contributed by atoms with Crippen molar-refractivity contribution in [2.24, 2.45) is 0 Å². The number of benzene rings is 2. The highest BCUT2D eigenvalue weighted by Crippen LogP contribution is 2.38. The number of carbonyl (C=O) groups is 1. The summed E-state index contributed by atoms with van der Waals surface area (Å²) < 4.78 is 1.29. The van der Waals surface area contributed by atoms with E-state index in [2.05, 4.69) is 66.8 Å². The highest BCUT2D eigenvalue weighted by atomic mass is 32.2. The van der Waals surface area contributed by atoms with E-state index in [1.165, 1.54) is 28.5 Å². The molecule has 1 saturated heterocycles. The Balaban J connectivity index is 1.44. The van der Waals surface area contributed by atoms with Gasteiger partial charge >= 0.3 is 6.03 Å². The molecular formula is C26H33N3OS2. The number of carbonyl (C=O) groups excluding carboxylic acids is 1. The van der Waals surface area contributed by atoms with Crippen LogP contribution in [0.5, 0.6) is 0 Å². The second-order valence-electron chi connectivity index (χ2n) is 9.08. The maximum Gasteiger partial charge on any atom is 0.323 e. The molecule has 1 aliphatic rings. The predicted molar refractivity (Wildman–Crippen MR) is 141 cm³/mol. The first kappa shape index (κ1) is 23.1. The number of nitrogens with zero attached hydrogens (tertiary/aromatic N) is 1. The van der Waals surface area contributed by atoms with Gasteiger partial charge < -0.3 is 15.5 Å². The van der Waals surface area contributed by atoms with E-state index in [1.54, 1.807) is 23.1 Å². The molecule has 0 saturated carbocycles. The second kappa shape index (κ2) is 10.3. The van der Waals surface area contributed by atoms with Gasteiger partial charge in [-0.15, -0.1) is 23.1 Å². The van der Waals surface area contributed by atoms with Gasteiger partial charge in [-0.25, -0.2) is 4.79 Å². The van der Waals surface area contributed by atoms with Crippen LogP contribution >= 0.6 is 23.1 Å². The molecule has 1 aromatic heterocycles. The van der Waals surface area contributed by atoms with Crippen molar-refractivity contribution in [3.8, 4) is 0 Å². The van der Waals surface area contributed by atoms with E-state index in [1.807, 2.05) is 24.3 Å². The second-order valence-corrected chi connectivity index (χ2v) is 11.6. The van der Waals surface area contributed by atoms with E-state index >= 15 is 0 Å². The summed E-state index contributed by atoms with van der Waals surface area (Å²) in [7, 11) is 0. The molecule has 32 heavy (non-hydrogen) atoms. The number of amides is 2. The third kappa shape index (κ3) is 5.66. The molecule has 4 nitrogen and oxygen atoms in total. The lowest BCUT2D eigenvalue weighted by atomic mass is 9.88. The molecular weight excluding hydrogens is 434 g/mol. The summed E-state index contributed by atoms with van der Waals surface area (Å²) in [6.07, 6.45) is 2.40. The molecule has 2 N–H and O–H groups in total. The van der Waals surface area contributed by atoms with Crippen LogP contribution in [0.1, 0.15) is 52.0 Å². The smallest absolute Gasteiger partial charge is 0.308 e. The standard InChI is InChI=1S/C26H33N3OS2/c1-17(2)29-12-10-19(11-13-29)24-16-31-25-9-8-21(15-23(24)25)28-26(30)27-20-6-5-7-22(14-20)32-18(3)4/h5-9,14-19H,10-13H2,1-4H3,(H2,27,28,30). The summed E-state index contributed by atoms with van der Waals surface area (Å²) in [5.74, 6) is 0.601. The summed E-state index contributed by atoms with van der Waals surface area (Å²) in [5.41, 5.74) is 3.08. The Labute approximate surface area is 199 Å². The Morgan fingerprint density at radius 2 is 1.75 bits per heavy atom. The van der Waals surface area contributed by atoms with E-state index in [9.17, 15) is 4.79 Å². The molecule has 2 heterocycles. The number of thioether (sulfide) groups is 1. The van der Waals surface area contributed by atoms with Crippen LogP contribution in [0.15, 0.2) is 52.7 Å². The van der Waals surface area contributed by atoms with Crippen molar-refractivity contribution in [2.75, 3.05) is 23.7 Å². The SMILES string of the molecule is CC(C)Sc1cccc(NC(=O)Nc2ccc3scc(C4CCN(C(C)C)CC4)c3c2)c1. The normalized spacial score (nSPS) is 15.6. The van der Waals surface area contributed by atoms with Crippen LogP contribution in [0.25, 0.3) is 10.1 Å².